The molecule has 2 atom stereocenters. The standard InChI is InChI=1S/C30H31N3O2/c1-19(34)33-26-8-6-5-7-24(26)32-25-17-22(20-9-11-23(12-10-20)30(2,3)4)18-27(35)28(25)29(33)21-13-15-31-16-14-21/h5-16,22,29,32H,17-18H2,1-4H3/t22-,29+/m0/s1. The van der Waals surface area contributed by atoms with Gasteiger partial charge in [0.15, 0.2) is 5.78 Å². The average Bonchev–Trinajstić information content (AvgIpc) is 2.99. The van der Waals surface area contributed by atoms with Crippen molar-refractivity contribution in [1.29, 1.82) is 0 Å². The Morgan fingerprint density at radius 1 is 0.943 bits per heavy atom. The van der Waals surface area contributed by atoms with E-state index in [9.17, 15) is 9.59 Å². The quantitative estimate of drug-likeness (QED) is 0.482. The minimum atomic E-state index is -0.502. The topological polar surface area (TPSA) is 62.3 Å². The van der Waals surface area contributed by atoms with E-state index in [0.29, 0.717) is 18.4 Å². The van der Waals surface area contributed by atoms with Crippen molar-refractivity contribution in [3.05, 3.63) is 101 Å². The first kappa shape index (κ1) is 23.0. The van der Waals surface area contributed by atoms with Crippen LogP contribution in [0.5, 0.6) is 0 Å². The van der Waals surface area contributed by atoms with Crippen LogP contribution in [0.3, 0.4) is 0 Å². The number of nitrogens with one attached hydrogen (secondary N) is 1. The number of allylic oxidation sites excluding steroid dienone is 1. The summed E-state index contributed by atoms with van der Waals surface area (Å²) in [6.07, 6.45) is 4.55. The summed E-state index contributed by atoms with van der Waals surface area (Å²) in [5.41, 5.74) is 6.58. The van der Waals surface area contributed by atoms with Gasteiger partial charge < -0.3 is 5.32 Å². The zero-order chi connectivity index (χ0) is 24.7. The molecule has 5 rings (SSSR count). The predicted molar refractivity (Wildman–Crippen MR) is 139 cm³/mol. The summed E-state index contributed by atoms with van der Waals surface area (Å²) in [5.74, 6) is 0.0453. The molecular weight excluding hydrogens is 434 g/mol. The van der Waals surface area contributed by atoms with E-state index >= 15 is 0 Å². The lowest BCUT2D eigenvalue weighted by atomic mass is 9.77. The Morgan fingerprint density at radius 3 is 2.29 bits per heavy atom. The third-order valence-electron chi connectivity index (χ3n) is 7.10. The van der Waals surface area contributed by atoms with Gasteiger partial charge in [0.05, 0.1) is 17.4 Å². The number of aromatic nitrogens is 1. The van der Waals surface area contributed by atoms with Crippen LogP contribution in [-0.4, -0.2) is 16.7 Å². The number of fused-ring (bicyclic) bond motifs is 1. The van der Waals surface area contributed by atoms with E-state index in [1.807, 2.05) is 36.4 Å². The summed E-state index contributed by atoms with van der Waals surface area (Å²) >= 11 is 0. The summed E-state index contributed by atoms with van der Waals surface area (Å²) in [6, 6.07) is 19.7. The number of hydrogen-bond acceptors (Lipinski definition) is 4. The van der Waals surface area contributed by atoms with Gasteiger partial charge in [-0.15, -0.1) is 0 Å². The third kappa shape index (κ3) is 4.27. The Balaban J connectivity index is 1.62. The van der Waals surface area contributed by atoms with E-state index in [0.717, 1.165) is 22.6 Å². The molecule has 0 saturated carbocycles. The third-order valence-corrected chi connectivity index (χ3v) is 7.10. The molecule has 0 fully saturated rings. The molecule has 0 spiro atoms. The molecule has 0 bridgehead atoms. The maximum atomic E-state index is 13.8. The smallest absolute Gasteiger partial charge is 0.224 e. The Hall–Kier alpha value is -3.73. The molecule has 2 heterocycles. The fourth-order valence-electron chi connectivity index (χ4n) is 5.29. The zero-order valence-corrected chi connectivity index (χ0v) is 20.7. The van der Waals surface area contributed by atoms with Gasteiger partial charge in [0, 0.05) is 37.0 Å². The summed E-state index contributed by atoms with van der Waals surface area (Å²) in [7, 11) is 0. The number of amides is 1. The van der Waals surface area contributed by atoms with Crippen LogP contribution in [0.15, 0.2) is 84.3 Å². The molecular formula is C30H31N3O2. The zero-order valence-electron chi connectivity index (χ0n) is 20.7. The second kappa shape index (κ2) is 8.81. The molecule has 1 aliphatic carbocycles. The summed E-state index contributed by atoms with van der Waals surface area (Å²) < 4.78 is 0. The molecule has 3 aromatic rings. The average molecular weight is 466 g/mol. The molecule has 0 saturated heterocycles. The summed E-state index contributed by atoms with van der Waals surface area (Å²) in [5, 5.41) is 3.56. The Bertz CT molecular complexity index is 1300. The van der Waals surface area contributed by atoms with Crippen LogP contribution in [-0.2, 0) is 15.0 Å². The molecule has 1 aromatic heterocycles. The van der Waals surface area contributed by atoms with Gasteiger partial charge in [-0.05, 0) is 58.7 Å². The van der Waals surface area contributed by atoms with Crippen LogP contribution in [0.4, 0.5) is 11.4 Å². The van der Waals surface area contributed by atoms with Crippen LogP contribution >= 0.6 is 0 Å². The predicted octanol–water partition coefficient (Wildman–Crippen LogP) is 6.30. The molecule has 2 aliphatic rings. The Morgan fingerprint density at radius 2 is 1.63 bits per heavy atom. The number of Topliss-reactive ketones (excluding diaryl/α,β-unsaturated/α-hetero) is 1. The van der Waals surface area contributed by atoms with Gasteiger partial charge in [-0.2, -0.15) is 0 Å². The van der Waals surface area contributed by atoms with Gasteiger partial charge in [0.2, 0.25) is 5.91 Å². The van der Waals surface area contributed by atoms with Crippen LogP contribution in [0, 0.1) is 0 Å². The fourth-order valence-corrected chi connectivity index (χ4v) is 5.29. The Labute approximate surface area is 206 Å². The van der Waals surface area contributed by atoms with Crippen LogP contribution < -0.4 is 10.2 Å². The highest BCUT2D eigenvalue weighted by molar-refractivity contribution is 6.05. The number of nitrogens with zero attached hydrogens (tertiary/aromatic N) is 2. The van der Waals surface area contributed by atoms with Crippen molar-refractivity contribution in [3.8, 4) is 0 Å². The molecule has 0 radical (unpaired) electrons. The first-order valence-electron chi connectivity index (χ1n) is 12.2. The Kier molecular flexibility index (Phi) is 5.79. The lowest BCUT2D eigenvalue weighted by Crippen LogP contribution is -2.37. The molecule has 2 aromatic carbocycles. The van der Waals surface area contributed by atoms with Crippen molar-refractivity contribution in [3.63, 3.8) is 0 Å². The van der Waals surface area contributed by atoms with Gasteiger partial charge in [-0.25, -0.2) is 0 Å². The maximum Gasteiger partial charge on any atom is 0.224 e. The number of carbonyl (C=O) groups is 2. The number of para-hydroxylation sites is 2. The van der Waals surface area contributed by atoms with E-state index in [4.69, 9.17) is 0 Å². The van der Waals surface area contributed by atoms with Crippen molar-refractivity contribution in [2.24, 2.45) is 0 Å². The molecule has 5 heteroatoms. The molecule has 1 amide bonds. The van der Waals surface area contributed by atoms with E-state index in [2.05, 4.69) is 55.3 Å². The SMILES string of the molecule is CC(=O)N1c2ccccc2NC2=C(C(=O)C[C@@H](c3ccc(C(C)(C)C)cc3)C2)[C@H]1c1ccncc1. The number of rotatable bonds is 2. The van der Waals surface area contributed by atoms with Gasteiger partial charge >= 0.3 is 0 Å². The molecule has 178 valence electrons. The molecule has 5 nitrogen and oxygen atoms in total. The van der Waals surface area contributed by atoms with Crippen molar-refractivity contribution >= 4 is 23.1 Å². The van der Waals surface area contributed by atoms with Gasteiger partial charge in [-0.3, -0.25) is 19.5 Å². The van der Waals surface area contributed by atoms with Crippen molar-refractivity contribution in [1.82, 2.24) is 4.98 Å². The first-order valence-corrected chi connectivity index (χ1v) is 12.2. The number of pyridine rings is 1. The molecule has 1 aliphatic heterocycles. The minimum absolute atomic E-state index is 0.0736. The number of carbonyl (C=O) groups excluding carboxylic acids is 2. The van der Waals surface area contributed by atoms with E-state index in [-0.39, 0.29) is 23.0 Å². The van der Waals surface area contributed by atoms with Gasteiger partial charge in [0.1, 0.15) is 0 Å². The largest absolute Gasteiger partial charge is 0.357 e. The van der Waals surface area contributed by atoms with Gasteiger partial charge in [0.25, 0.3) is 0 Å². The second-order valence-electron chi connectivity index (χ2n) is 10.5. The maximum absolute atomic E-state index is 13.8. The van der Waals surface area contributed by atoms with Crippen LogP contribution in [0.25, 0.3) is 0 Å². The highest BCUT2D eigenvalue weighted by Crippen LogP contribution is 2.47. The lowest BCUT2D eigenvalue weighted by molar-refractivity contribution is -0.117. The number of ketones is 1. The number of anilines is 2. The second-order valence-corrected chi connectivity index (χ2v) is 10.5. The van der Waals surface area contributed by atoms with E-state index in [1.54, 1.807) is 24.2 Å². The van der Waals surface area contributed by atoms with Crippen LogP contribution in [0.2, 0.25) is 0 Å². The lowest BCUT2D eigenvalue weighted by Gasteiger charge is -2.34. The normalized spacial score (nSPS) is 20.0. The molecule has 0 unspecified atom stereocenters. The van der Waals surface area contributed by atoms with Crippen molar-refractivity contribution in [2.75, 3.05) is 10.2 Å². The van der Waals surface area contributed by atoms with Crippen LogP contribution in [0.1, 0.15) is 69.2 Å². The molecule has 35 heavy (non-hydrogen) atoms. The minimum Gasteiger partial charge on any atom is -0.357 e. The molecule has 1 N–H and O–H groups in total. The monoisotopic (exact) mass is 465 g/mol. The van der Waals surface area contributed by atoms with Gasteiger partial charge in [-0.1, -0.05) is 57.2 Å². The van der Waals surface area contributed by atoms with E-state index in [1.165, 1.54) is 11.1 Å². The summed E-state index contributed by atoms with van der Waals surface area (Å²) in [6.45, 7) is 8.17. The fraction of sp³-hybridized carbons (Fsp3) is 0.300. The number of benzene rings is 2. The highest BCUT2D eigenvalue weighted by Gasteiger charge is 2.40. The highest BCUT2D eigenvalue weighted by atomic mass is 16.2. The van der Waals surface area contributed by atoms with E-state index < -0.39 is 6.04 Å². The van der Waals surface area contributed by atoms with Crippen molar-refractivity contribution < 1.29 is 9.59 Å². The summed E-state index contributed by atoms with van der Waals surface area (Å²) in [4.78, 5) is 32.8. The number of hydrogen-bond donors (Lipinski definition) is 1. The van der Waals surface area contributed by atoms with Crippen molar-refractivity contribution in [2.45, 2.75) is 57.9 Å². The first-order chi connectivity index (χ1) is 16.7.